The number of thiophene rings is 1. The van der Waals surface area contributed by atoms with Crippen LogP contribution in [0.5, 0.6) is 17.2 Å². The smallest absolute Gasteiger partial charge is 0.349 e. The van der Waals surface area contributed by atoms with Gasteiger partial charge in [-0.3, -0.25) is 0 Å². The standard InChI is InChI=1S/C26H20BrNO6S/c27-22-23(33-15-21(29)30)25(26(31)32)35-24(22)17-5-4-6-18(13-17)28-14-16-9-11-20(12-10-16)34-19-7-2-1-3-8-19/h1-13,28H,14-15H2,(H,29,30)(H,31,32). The Labute approximate surface area is 213 Å². The molecule has 0 fully saturated rings. The van der Waals surface area contributed by atoms with Crippen molar-refractivity contribution >= 4 is 44.9 Å². The summed E-state index contributed by atoms with van der Waals surface area (Å²) < 4.78 is 11.5. The van der Waals surface area contributed by atoms with Gasteiger partial charge in [0.25, 0.3) is 0 Å². The second kappa shape index (κ2) is 11.1. The lowest BCUT2D eigenvalue weighted by molar-refractivity contribution is -0.139. The molecule has 35 heavy (non-hydrogen) atoms. The van der Waals surface area contributed by atoms with Crippen molar-refractivity contribution < 1.29 is 29.3 Å². The molecule has 0 aliphatic rings. The van der Waals surface area contributed by atoms with Gasteiger partial charge >= 0.3 is 11.9 Å². The lowest BCUT2D eigenvalue weighted by atomic mass is 10.1. The van der Waals surface area contributed by atoms with E-state index in [-0.39, 0.29) is 10.6 Å². The third-order valence-electron chi connectivity index (χ3n) is 4.87. The van der Waals surface area contributed by atoms with Gasteiger partial charge in [0, 0.05) is 12.2 Å². The van der Waals surface area contributed by atoms with Gasteiger partial charge in [-0.25, -0.2) is 9.59 Å². The largest absolute Gasteiger partial charge is 0.479 e. The maximum absolute atomic E-state index is 11.7. The summed E-state index contributed by atoms with van der Waals surface area (Å²) in [4.78, 5) is 23.1. The fourth-order valence-corrected chi connectivity index (χ4v) is 5.15. The van der Waals surface area contributed by atoms with Gasteiger partial charge in [-0.2, -0.15) is 0 Å². The highest BCUT2D eigenvalue weighted by atomic mass is 79.9. The molecule has 4 rings (SSSR count). The van der Waals surface area contributed by atoms with Crippen molar-refractivity contribution in [2.45, 2.75) is 6.54 Å². The fraction of sp³-hybridized carbons (Fsp3) is 0.0769. The van der Waals surface area contributed by atoms with E-state index < -0.39 is 18.5 Å². The average Bonchev–Trinajstić information content (AvgIpc) is 3.19. The molecule has 178 valence electrons. The van der Waals surface area contributed by atoms with Crippen molar-refractivity contribution in [3.05, 3.63) is 93.8 Å². The summed E-state index contributed by atoms with van der Waals surface area (Å²) in [5.74, 6) is -0.837. The molecule has 1 aromatic heterocycles. The number of anilines is 1. The van der Waals surface area contributed by atoms with E-state index in [0.29, 0.717) is 15.9 Å². The number of rotatable bonds is 10. The number of hydrogen-bond acceptors (Lipinski definition) is 6. The van der Waals surface area contributed by atoms with Crippen molar-refractivity contribution in [3.8, 4) is 27.7 Å². The lowest BCUT2D eigenvalue weighted by Crippen LogP contribution is -2.11. The molecule has 0 spiro atoms. The van der Waals surface area contributed by atoms with Crippen LogP contribution in [0.3, 0.4) is 0 Å². The van der Waals surface area contributed by atoms with Crippen molar-refractivity contribution in [2.24, 2.45) is 0 Å². The number of benzene rings is 3. The van der Waals surface area contributed by atoms with Crippen LogP contribution in [0.4, 0.5) is 5.69 Å². The highest BCUT2D eigenvalue weighted by Gasteiger charge is 2.24. The van der Waals surface area contributed by atoms with E-state index in [1.807, 2.05) is 78.9 Å². The SMILES string of the molecule is O=C(O)COc1c(C(=O)O)sc(-c2cccc(NCc3ccc(Oc4ccccc4)cc3)c2)c1Br. The summed E-state index contributed by atoms with van der Waals surface area (Å²) in [6, 6.07) is 24.9. The maximum Gasteiger partial charge on any atom is 0.349 e. The second-order valence-electron chi connectivity index (χ2n) is 7.38. The fourth-order valence-electron chi connectivity index (χ4n) is 3.26. The number of halogens is 1. The van der Waals surface area contributed by atoms with Crippen molar-refractivity contribution in [1.82, 2.24) is 0 Å². The molecule has 3 aromatic carbocycles. The van der Waals surface area contributed by atoms with E-state index in [1.54, 1.807) is 0 Å². The molecule has 0 aliphatic heterocycles. The first-order valence-corrected chi connectivity index (χ1v) is 12.1. The first kappa shape index (κ1) is 24.3. The lowest BCUT2D eigenvalue weighted by Gasteiger charge is -2.10. The van der Waals surface area contributed by atoms with Gasteiger partial charge in [-0.15, -0.1) is 11.3 Å². The van der Waals surface area contributed by atoms with Crippen LogP contribution in [0, 0.1) is 0 Å². The number of carboxylic acids is 2. The average molecular weight is 554 g/mol. The number of ether oxygens (including phenoxy) is 2. The van der Waals surface area contributed by atoms with Crippen LogP contribution in [0.25, 0.3) is 10.4 Å². The zero-order valence-electron chi connectivity index (χ0n) is 18.2. The van der Waals surface area contributed by atoms with Crippen molar-refractivity contribution in [3.63, 3.8) is 0 Å². The van der Waals surface area contributed by atoms with E-state index in [0.717, 1.165) is 39.7 Å². The van der Waals surface area contributed by atoms with Gasteiger partial charge < -0.3 is 25.0 Å². The first-order valence-electron chi connectivity index (χ1n) is 10.5. The topological polar surface area (TPSA) is 105 Å². The number of carboxylic acid groups (broad SMARTS) is 2. The van der Waals surface area contributed by atoms with Gasteiger partial charge in [0.1, 0.15) is 11.5 Å². The molecule has 0 atom stereocenters. The van der Waals surface area contributed by atoms with E-state index in [1.165, 1.54) is 0 Å². The van der Waals surface area contributed by atoms with Gasteiger partial charge in [-0.05, 0) is 63.5 Å². The number of aliphatic carboxylic acids is 1. The Morgan fingerprint density at radius 1 is 0.914 bits per heavy atom. The molecule has 1 heterocycles. The molecule has 9 heteroatoms. The molecule has 0 saturated heterocycles. The summed E-state index contributed by atoms with van der Waals surface area (Å²) in [6.07, 6.45) is 0. The number of nitrogens with one attached hydrogen (secondary N) is 1. The summed E-state index contributed by atoms with van der Waals surface area (Å²) in [6.45, 7) is -0.0557. The molecule has 7 nitrogen and oxygen atoms in total. The molecule has 3 N–H and O–H groups in total. The molecule has 0 amide bonds. The monoisotopic (exact) mass is 553 g/mol. The Morgan fingerprint density at radius 3 is 2.31 bits per heavy atom. The van der Waals surface area contributed by atoms with Crippen LogP contribution in [-0.2, 0) is 11.3 Å². The van der Waals surface area contributed by atoms with E-state index in [2.05, 4.69) is 21.2 Å². The Hall–Kier alpha value is -3.82. The molecular weight excluding hydrogens is 534 g/mol. The normalized spacial score (nSPS) is 10.5. The van der Waals surface area contributed by atoms with Gasteiger partial charge in [-0.1, -0.05) is 42.5 Å². The number of carbonyl (C=O) groups is 2. The Kier molecular flexibility index (Phi) is 7.69. The van der Waals surface area contributed by atoms with Gasteiger partial charge in [0.15, 0.2) is 17.2 Å². The summed E-state index contributed by atoms with van der Waals surface area (Å²) in [7, 11) is 0. The first-order chi connectivity index (χ1) is 16.9. The highest BCUT2D eigenvalue weighted by Crippen LogP contribution is 2.46. The summed E-state index contributed by atoms with van der Waals surface area (Å²) in [5.41, 5.74) is 2.68. The van der Waals surface area contributed by atoms with Crippen LogP contribution in [0.15, 0.2) is 83.3 Å². The van der Waals surface area contributed by atoms with E-state index in [4.69, 9.17) is 14.6 Å². The maximum atomic E-state index is 11.7. The van der Waals surface area contributed by atoms with Crippen LogP contribution in [-0.4, -0.2) is 28.8 Å². The number of hydrogen-bond donors (Lipinski definition) is 3. The van der Waals surface area contributed by atoms with Crippen LogP contribution in [0.2, 0.25) is 0 Å². The van der Waals surface area contributed by atoms with Gasteiger partial charge in [0.2, 0.25) is 0 Å². The molecular formula is C26H20BrNO6S. The van der Waals surface area contributed by atoms with Crippen LogP contribution >= 0.6 is 27.3 Å². The Balaban J connectivity index is 1.46. The number of aromatic carboxylic acids is 1. The summed E-state index contributed by atoms with van der Waals surface area (Å²) >= 11 is 4.40. The highest BCUT2D eigenvalue weighted by molar-refractivity contribution is 9.10. The van der Waals surface area contributed by atoms with Crippen molar-refractivity contribution in [1.29, 1.82) is 0 Å². The minimum atomic E-state index is -1.19. The molecule has 0 aliphatic carbocycles. The zero-order valence-corrected chi connectivity index (χ0v) is 20.6. The Morgan fingerprint density at radius 2 is 1.63 bits per heavy atom. The quantitative estimate of drug-likeness (QED) is 0.199. The predicted octanol–water partition coefficient (Wildman–Crippen LogP) is 6.74. The molecule has 4 aromatic rings. The van der Waals surface area contributed by atoms with Crippen LogP contribution in [0.1, 0.15) is 15.2 Å². The summed E-state index contributed by atoms with van der Waals surface area (Å²) in [5, 5.41) is 21.8. The number of para-hydroxylation sites is 1. The van der Waals surface area contributed by atoms with Crippen LogP contribution < -0.4 is 14.8 Å². The molecule has 0 radical (unpaired) electrons. The Bertz CT molecular complexity index is 1340. The van der Waals surface area contributed by atoms with Crippen molar-refractivity contribution in [2.75, 3.05) is 11.9 Å². The third kappa shape index (κ3) is 6.20. The molecule has 0 bridgehead atoms. The second-order valence-corrected chi connectivity index (χ2v) is 9.20. The minimum Gasteiger partial charge on any atom is -0.479 e. The zero-order chi connectivity index (χ0) is 24.8. The predicted molar refractivity (Wildman–Crippen MR) is 138 cm³/mol. The molecule has 0 unspecified atom stereocenters. The van der Waals surface area contributed by atoms with E-state index in [9.17, 15) is 14.7 Å². The van der Waals surface area contributed by atoms with E-state index >= 15 is 0 Å². The third-order valence-corrected chi connectivity index (χ3v) is 7.09. The molecule has 0 saturated carbocycles. The minimum absolute atomic E-state index is 0.0103. The van der Waals surface area contributed by atoms with Gasteiger partial charge in [0.05, 0.1) is 9.35 Å².